The number of hydrogen-bond acceptors (Lipinski definition) is 3. The van der Waals surface area contributed by atoms with E-state index in [1.165, 1.54) is 0 Å². The predicted molar refractivity (Wildman–Crippen MR) is 106 cm³/mol. The Morgan fingerprint density at radius 2 is 1.89 bits per heavy atom. The Morgan fingerprint density at radius 1 is 1.15 bits per heavy atom. The highest BCUT2D eigenvalue weighted by atomic mass is 16.2. The van der Waals surface area contributed by atoms with Gasteiger partial charge in [-0.2, -0.15) is 0 Å². The summed E-state index contributed by atoms with van der Waals surface area (Å²) in [5, 5.41) is 10.3. The van der Waals surface area contributed by atoms with Gasteiger partial charge in [-0.15, -0.1) is 0 Å². The molecule has 2 amide bonds. The first-order chi connectivity index (χ1) is 12.9. The number of nitrogens with one attached hydrogen (secondary N) is 2. The standard InChI is InChI=1S/C21H24N4O2/c1-14-11-17(7-8-18(14)21(27)25-9-2-3-10-25)24-19(26)13-15-5-4-6-16(12-15)20(22)23/h4-8,11-12H,2-3,9-10,13H2,1H3,(H3,22,23)(H,24,26). The van der Waals surface area contributed by atoms with E-state index in [0.29, 0.717) is 16.8 Å². The molecular formula is C21H24N4O2. The maximum absolute atomic E-state index is 12.5. The van der Waals surface area contributed by atoms with Crippen LogP contribution in [0.1, 0.15) is 39.9 Å². The van der Waals surface area contributed by atoms with Gasteiger partial charge >= 0.3 is 0 Å². The Balaban J connectivity index is 1.66. The van der Waals surface area contributed by atoms with Gasteiger partial charge in [0.15, 0.2) is 0 Å². The van der Waals surface area contributed by atoms with Crippen molar-refractivity contribution in [2.75, 3.05) is 18.4 Å². The number of rotatable bonds is 5. The smallest absolute Gasteiger partial charge is 0.254 e. The van der Waals surface area contributed by atoms with E-state index < -0.39 is 0 Å². The second kappa shape index (κ2) is 8.03. The van der Waals surface area contributed by atoms with Gasteiger partial charge in [-0.3, -0.25) is 15.0 Å². The van der Waals surface area contributed by atoms with Gasteiger partial charge in [-0.25, -0.2) is 0 Å². The Hall–Kier alpha value is -3.15. The van der Waals surface area contributed by atoms with Crippen LogP contribution in [-0.4, -0.2) is 35.6 Å². The summed E-state index contributed by atoms with van der Waals surface area (Å²) in [5.74, 6) is -0.121. The number of nitrogens with zero attached hydrogens (tertiary/aromatic N) is 1. The SMILES string of the molecule is Cc1cc(NC(=O)Cc2cccc(C(=N)N)c2)ccc1C(=O)N1CCCC1. The van der Waals surface area contributed by atoms with Gasteiger partial charge < -0.3 is 16.0 Å². The molecule has 3 rings (SSSR count). The highest BCUT2D eigenvalue weighted by Gasteiger charge is 2.21. The van der Waals surface area contributed by atoms with Crippen LogP contribution in [0, 0.1) is 12.3 Å². The van der Waals surface area contributed by atoms with Gasteiger partial charge in [-0.1, -0.05) is 18.2 Å². The van der Waals surface area contributed by atoms with Crippen molar-refractivity contribution in [2.45, 2.75) is 26.2 Å². The zero-order valence-corrected chi connectivity index (χ0v) is 15.4. The number of amidine groups is 1. The highest BCUT2D eigenvalue weighted by Crippen LogP contribution is 2.20. The van der Waals surface area contributed by atoms with E-state index in [1.807, 2.05) is 24.0 Å². The summed E-state index contributed by atoms with van der Waals surface area (Å²) in [5.41, 5.74) is 9.08. The number of aryl methyl sites for hydroxylation is 1. The minimum Gasteiger partial charge on any atom is -0.384 e. The lowest BCUT2D eigenvalue weighted by Gasteiger charge is -2.17. The molecule has 0 atom stereocenters. The van der Waals surface area contributed by atoms with Crippen molar-refractivity contribution in [3.63, 3.8) is 0 Å². The lowest BCUT2D eigenvalue weighted by Crippen LogP contribution is -2.28. The van der Waals surface area contributed by atoms with Crippen LogP contribution in [0.4, 0.5) is 5.69 Å². The largest absolute Gasteiger partial charge is 0.384 e. The van der Waals surface area contributed by atoms with E-state index in [4.69, 9.17) is 11.1 Å². The van der Waals surface area contributed by atoms with Crippen LogP contribution in [-0.2, 0) is 11.2 Å². The molecule has 6 nitrogen and oxygen atoms in total. The van der Waals surface area contributed by atoms with Crippen LogP contribution in [0.2, 0.25) is 0 Å². The molecule has 0 spiro atoms. The van der Waals surface area contributed by atoms with Gasteiger partial charge in [0.25, 0.3) is 5.91 Å². The van der Waals surface area contributed by atoms with Crippen molar-refractivity contribution in [3.8, 4) is 0 Å². The monoisotopic (exact) mass is 364 g/mol. The van der Waals surface area contributed by atoms with Crippen LogP contribution in [0.5, 0.6) is 0 Å². The summed E-state index contributed by atoms with van der Waals surface area (Å²) in [6.45, 7) is 3.52. The van der Waals surface area contributed by atoms with Crippen molar-refractivity contribution in [3.05, 3.63) is 64.7 Å². The summed E-state index contributed by atoms with van der Waals surface area (Å²) in [6, 6.07) is 12.5. The third kappa shape index (κ3) is 4.53. The quantitative estimate of drug-likeness (QED) is 0.562. The molecule has 4 N–H and O–H groups in total. The van der Waals surface area contributed by atoms with Crippen LogP contribution in [0.3, 0.4) is 0 Å². The lowest BCUT2D eigenvalue weighted by atomic mass is 10.1. The molecule has 6 heteroatoms. The van der Waals surface area contributed by atoms with Gasteiger partial charge in [-0.05, 0) is 55.2 Å². The first-order valence-electron chi connectivity index (χ1n) is 9.07. The third-order valence-electron chi connectivity index (χ3n) is 4.74. The Bertz CT molecular complexity index is 886. The minimum absolute atomic E-state index is 0.0221. The molecule has 0 unspecified atom stereocenters. The summed E-state index contributed by atoms with van der Waals surface area (Å²) < 4.78 is 0. The molecule has 2 aromatic carbocycles. The minimum atomic E-state index is -0.159. The van der Waals surface area contributed by atoms with Crippen LogP contribution in [0.15, 0.2) is 42.5 Å². The molecule has 2 aromatic rings. The molecule has 1 saturated heterocycles. The van der Waals surface area contributed by atoms with E-state index in [0.717, 1.165) is 37.1 Å². The summed E-state index contributed by atoms with van der Waals surface area (Å²) >= 11 is 0. The maximum Gasteiger partial charge on any atom is 0.254 e. The Labute approximate surface area is 158 Å². The van der Waals surface area contributed by atoms with Gasteiger partial charge in [0.05, 0.1) is 6.42 Å². The normalized spacial score (nSPS) is 13.4. The second-order valence-corrected chi connectivity index (χ2v) is 6.87. The van der Waals surface area contributed by atoms with Crippen LogP contribution < -0.4 is 11.1 Å². The number of anilines is 1. The molecule has 27 heavy (non-hydrogen) atoms. The maximum atomic E-state index is 12.5. The number of carbonyl (C=O) groups is 2. The van der Waals surface area contributed by atoms with Crippen molar-refractivity contribution in [1.29, 1.82) is 5.41 Å². The predicted octanol–water partition coefficient (Wildman–Crippen LogP) is 2.70. The van der Waals surface area contributed by atoms with Crippen LogP contribution >= 0.6 is 0 Å². The highest BCUT2D eigenvalue weighted by molar-refractivity contribution is 5.98. The number of likely N-dealkylation sites (tertiary alicyclic amines) is 1. The fourth-order valence-corrected chi connectivity index (χ4v) is 3.31. The van der Waals surface area contributed by atoms with Gasteiger partial charge in [0, 0.05) is 29.9 Å². The van der Waals surface area contributed by atoms with Crippen LogP contribution in [0.25, 0.3) is 0 Å². The molecule has 0 saturated carbocycles. The van der Waals surface area contributed by atoms with E-state index in [-0.39, 0.29) is 24.1 Å². The van der Waals surface area contributed by atoms with Crippen molar-refractivity contribution >= 4 is 23.3 Å². The first kappa shape index (κ1) is 18.6. The van der Waals surface area contributed by atoms with Crippen molar-refractivity contribution in [2.24, 2.45) is 5.73 Å². The second-order valence-electron chi connectivity index (χ2n) is 6.87. The Kier molecular flexibility index (Phi) is 5.54. The van der Waals surface area contributed by atoms with Gasteiger partial charge in [0.2, 0.25) is 5.91 Å². The van der Waals surface area contributed by atoms with Crippen molar-refractivity contribution in [1.82, 2.24) is 4.90 Å². The zero-order valence-electron chi connectivity index (χ0n) is 15.4. The molecule has 1 heterocycles. The van der Waals surface area contributed by atoms with E-state index in [1.54, 1.807) is 30.3 Å². The molecule has 1 aliphatic rings. The van der Waals surface area contributed by atoms with Gasteiger partial charge in [0.1, 0.15) is 5.84 Å². The number of amides is 2. The molecule has 0 bridgehead atoms. The zero-order chi connectivity index (χ0) is 19.4. The number of hydrogen-bond donors (Lipinski definition) is 3. The Morgan fingerprint density at radius 3 is 2.56 bits per heavy atom. The topological polar surface area (TPSA) is 99.3 Å². The fraction of sp³-hybridized carbons (Fsp3) is 0.286. The lowest BCUT2D eigenvalue weighted by molar-refractivity contribution is -0.115. The number of nitrogens with two attached hydrogens (primary N) is 1. The molecule has 1 aliphatic heterocycles. The fourth-order valence-electron chi connectivity index (χ4n) is 3.31. The summed E-state index contributed by atoms with van der Waals surface area (Å²) in [4.78, 5) is 26.7. The molecule has 1 fully saturated rings. The average Bonchev–Trinajstić information content (AvgIpc) is 3.16. The summed E-state index contributed by atoms with van der Waals surface area (Å²) in [6.07, 6.45) is 2.31. The average molecular weight is 364 g/mol. The van der Waals surface area contributed by atoms with E-state index in [2.05, 4.69) is 5.32 Å². The number of benzene rings is 2. The van der Waals surface area contributed by atoms with E-state index in [9.17, 15) is 9.59 Å². The molecule has 140 valence electrons. The number of nitrogen functional groups attached to an aromatic ring is 1. The van der Waals surface area contributed by atoms with Crippen molar-refractivity contribution < 1.29 is 9.59 Å². The summed E-state index contributed by atoms with van der Waals surface area (Å²) in [7, 11) is 0. The number of carbonyl (C=O) groups excluding carboxylic acids is 2. The molecule has 0 aliphatic carbocycles. The molecule has 0 radical (unpaired) electrons. The first-order valence-corrected chi connectivity index (χ1v) is 9.07. The molecular weight excluding hydrogens is 340 g/mol. The molecule has 0 aromatic heterocycles. The van der Waals surface area contributed by atoms with E-state index >= 15 is 0 Å². The third-order valence-corrected chi connectivity index (χ3v) is 4.74.